The summed E-state index contributed by atoms with van der Waals surface area (Å²) < 4.78 is 20.6. The van der Waals surface area contributed by atoms with Crippen molar-refractivity contribution in [2.75, 3.05) is 25.4 Å². The van der Waals surface area contributed by atoms with E-state index in [1.54, 1.807) is 0 Å². The van der Waals surface area contributed by atoms with Crippen LogP contribution in [0.25, 0.3) is 10.9 Å². The van der Waals surface area contributed by atoms with Crippen molar-refractivity contribution in [2.45, 2.75) is 51.9 Å². The Morgan fingerprint density at radius 1 is 1.24 bits per heavy atom. The number of benzene rings is 1. The van der Waals surface area contributed by atoms with E-state index in [9.17, 15) is 4.21 Å². The highest BCUT2D eigenvalue weighted by Crippen LogP contribution is 2.37. The number of nitrogens with zero attached hydrogens (tertiary/aromatic N) is 1. The van der Waals surface area contributed by atoms with Crippen molar-refractivity contribution >= 4 is 21.9 Å². The van der Waals surface area contributed by atoms with Crippen molar-refractivity contribution in [2.24, 2.45) is 0 Å². The average molecular weight is 363 g/mol. The van der Waals surface area contributed by atoms with Crippen LogP contribution < -0.4 is 4.74 Å². The molecule has 1 aliphatic rings. The fourth-order valence-corrected chi connectivity index (χ4v) is 5.00. The Bertz CT molecular complexity index is 713. The van der Waals surface area contributed by atoms with E-state index in [1.807, 2.05) is 13.1 Å². The Hall–Kier alpha value is -1.33. The van der Waals surface area contributed by atoms with Crippen LogP contribution >= 0.6 is 0 Å². The van der Waals surface area contributed by atoms with Crippen LogP contribution in [0.1, 0.15) is 57.4 Å². The summed E-state index contributed by atoms with van der Waals surface area (Å²) in [6, 6.07) is 6.52. The summed E-state index contributed by atoms with van der Waals surface area (Å²) in [5.74, 6) is 2.26. The van der Waals surface area contributed by atoms with E-state index >= 15 is 0 Å². The maximum Gasteiger partial charge on any atom is 0.123 e. The van der Waals surface area contributed by atoms with Crippen molar-refractivity contribution in [1.29, 1.82) is 0 Å². The molecule has 4 nitrogen and oxygen atoms in total. The molecule has 1 fully saturated rings. The Morgan fingerprint density at radius 2 is 2.12 bits per heavy atom. The molecule has 0 amide bonds. The van der Waals surface area contributed by atoms with Gasteiger partial charge in [0.15, 0.2) is 0 Å². The van der Waals surface area contributed by atoms with Gasteiger partial charge in [-0.05, 0) is 62.3 Å². The van der Waals surface area contributed by atoms with Crippen LogP contribution in [-0.4, -0.2) is 38.9 Å². The highest BCUT2D eigenvalue weighted by molar-refractivity contribution is 7.82. The predicted octanol–water partition coefficient (Wildman–Crippen LogP) is 4.60. The molecule has 1 saturated heterocycles. The van der Waals surface area contributed by atoms with Crippen LogP contribution in [0.4, 0.5) is 0 Å². The number of rotatable bonds is 6. The van der Waals surface area contributed by atoms with Gasteiger partial charge in [0, 0.05) is 35.9 Å². The molecule has 5 heteroatoms. The first-order valence-electron chi connectivity index (χ1n) is 9.60. The fraction of sp³-hybridized carbons (Fsp3) is 0.600. The second-order valence-electron chi connectivity index (χ2n) is 6.82. The summed E-state index contributed by atoms with van der Waals surface area (Å²) in [6.45, 7) is 6.70. The number of aromatic nitrogens is 1. The van der Waals surface area contributed by atoms with Gasteiger partial charge in [-0.1, -0.05) is 13.3 Å². The molecule has 0 aliphatic carbocycles. The standard InChI is InChI=1S/C20H30N2O2S/c1-3-13-25(23)22-11-6-5-7-16(9-12-22)18-15-19-17(8-10-21-19)14-20(18)24-4-2/h8,10,14-16,21H,3-7,9,11-13H2,1-2H3. The molecule has 138 valence electrons. The average Bonchev–Trinajstić information content (AvgIpc) is 3.02. The second-order valence-corrected chi connectivity index (χ2v) is 8.39. The number of nitrogens with one attached hydrogen (secondary N) is 1. The van der Waals surface area contributed by atoms with Gasteiger partial charge < -0.3 is 9.72 Å². The normalized spacial score (nSPS) is 21.0. The molecule has 0 saturated carbocycles. The van der Waals surface area contributed by atoms with Crippen molar-refractivity contribution in [3.05, 3.63) is 30.0 Å². The zero-order chi connectivity index (χ0) is 17.6. The molecular weight excluding hydrogens is 332 g/mol. The SMILES string of the molecule is CCCS(=O)N1CCCCC(c2cc3[nH]ccc3cc2OCC)CC1. The molecule has 0 bridgehead atoms. The van der Waals surface area contributed by atoms with Crippen LogP contribution in [0.5, 0.6) is 5.75 Å². The fourth-order valence-electron chi connectivity index (χ4n) is 3.75. The number of H-pyrrole nitrogens is 1. The van der Waals surface area contributed by atoms with Crippen molar-refractivity contribution < 1.29 is 8.95 Å². The Balaban J connectivity index is 1.82. The first-order chi connectivity index (χ1) is 12.2. The third-order valence-corrected chi connectivity index (χ3v) is 6.73. The van der Waals surface area contributed by atoms with Gasteiger partial charge in [-0.15, -0.1) is 0 Å². The molecule has 1 aliphatic heterocycles. The molecule has 2 unspecified atom stereocenters. The molecular formula is C20H30N2O2S. The van der Waals surface area contributed by atoms with Crippen LogP contribution in [-0.2, 0) is 11.0 Å². The molecule has 3 rings (SSSR count). The van der Waals surface area contributed by atoms with Gasteiger partial charge in [-0.3, -0.25) is 0 Å². The van der Waals surface area contributed by atoms with Crippen LogP contribution in [0, 0.1) is 0 Å². The number of fused-ring (bicyclic) bond motifs is 1. The summed E-state index contributed by atoms with van der Waals surface area (Å²) >= 11 is 0. The summed E-state index contributed by atoms with van der Waals surface area (Å²) in [5.41, 5.74) is 2.48. The van der Waals surface area contributed by atoms with Gasteiger partial charge in [0.25, 0.3) is 0 Å². The Morgan fingerprint density at radius 3 is 2.92 bits per heavy atom. The highest BCUT2D eigenvalue weighted by Gasteiger charge is 2.23. The van der Waals surface area contributed by atoms with E-state index in [-0.39, 0.29) is 0 Å². The van der Waals surface area contributed by atoms with Crippen LogP contribution in [0.3, 0.4) is 0 Å². The lowest BCUT2D eigenvalue weighted by Crippen LogP contribution is -2.32. The lowest BCUT2D eigenvalue weighted by molar-refractivity contribution is 0.323. The van der Waals surface area contributed by atoms with Crippen molar-refractivity contribution in [3.8, 4) is 5.75 Å². The second kappa shape index (κ2) is 8.86. The van der Waals surface area contributed by atoms with Gasteiger partial charge >= 0.3 is 0 Å². The molecule has 1 aromatic heterocycles. The molecule has 25 heavy (non-hydrogen) atoms. The third-order valence-electron chi connectivity index (χ3n) is 5.03. The summed E-state index contributed by atoms with van der Waals surface area (Å²) in [4.78, 5) is 3.33. The van der Waals surface area contributed by atoms with E-state index in [0.29, 0.717) is 12.5 Å². The largest absolute Gasteiger partial charge is 0.494 e. The van der Waals surface area contributed by atoms with Crippen molar-refractivity contribution in [3.63, 3.8) is 0 Å². The van der Waals surface area contributed by atoms with E-state index < -0.39 is 11.0 Å². The van der Waals surface area contributed by atoms with Gasteiger partial charge in [0.1, 0.15) is 5.75 Å². The molecule has 1 N–H and O–H groups in total. The van der Waals surface area contributed by atoms with E-state index in [2.05, 4.69) is 34.4 Å². The van der Waals surface area contributed by atoms with Crippen LogP contribution in [0.15, 0.2) is 24.4 Å². The Labute approximate surface area is 153 Å². The molecule has 2 heterocycles. The minimum atomic E-state index is -0.825. The highest BCUT2D eigenvalue weighted by atomic mass is 32.2. The Kier molecular flexibility index (Phi) is 6.54. The van der Waals surface area contributed by atoms with Gasteiger partial charge in [-0.2, -0.15) is 0 Å². The third kappa shape index (κ3) is 4.45. The first kappa shape index (κ1) is 18.5. The minimum Gasteiger partial charge on any atom is -0.494 e. The maximum atomic E-state index is 12.4. The van der Waals surface area contributed by atoms with E-state index in [0.717, 1.165) is 43.9 Å². The van der Waals surface area contributed by atoms with Gasteiger partial charge in [0.05, 0.1) is 17.6 Å². The van der Waals surface area contributed by atoms with Gasteiger partial charge in [0.2, 0.25) is 0 Å². The summed E-state index contributed by atoms with van der Waals surface area (Å²) in [5, 5.41) is 1.20. The quantitative estimate of drug-likeness (QED) is 0.816. The minimum absolute atomic E-state index is 0.468. The first-order valence-corrected chi connectivity index (χ1v) is 10.9. The maximum absolute atomic E-state index is 12.4. The number of hydrogen-bond donors (Lipinski definition) is 1. The topological polar surface area (TPSA) is 45.3 Å². The molecule has 0 spiro atoms. The zero-order valence-corrected chi connectivity index (χ0v) is 16.2. The zero-order valence-electron chi connectivity index (χ0n) is 15.4. The number of hydrogen-bond acceptors (Lipinski definition) is 2. The van der Waals surface area contributed by atoms with Crippen LogP contribution in [0.2, 0.25) is 0 Å². The van der Waals surface area contributed by atoms with Crippen molar-refractivity contribution in [1.82, 2.24) is 9.29 Å². The monoisotopic (exact) mass is 362 g/mol. The lowest BCUT2D eigenvalue weighted by atomic mass is 9.88. The molecule has 2 atom stereocenters. The predicted molar refractivity (Wildman–Crippen MR) is 106 cm³/mol. The van der Waals surface area contributed by atoms with E-state index in [4.69, 9.17) is 4.74 Å². The number of aromatic amines is 1. The summed E-state index contributed by atoms with van der Waals surface area (Å²) in [7, 11) is -0.825. The molecule has 1 aromatic carbocycles. The molecule has 2 aromatic rings. The molecule has 0 radical (unpaired) electrons. The van der Waals surface area contributed by atoms with E-state index in [1.165, 1.54) is 29.3 Å². The smallest absolute Gasteiger partial charge is 0.123 e. The number of ether oxygens (including phenoxy) is 1. The van der Waals surface area contributed by atoms with Gasteiger partial charge in [-0.25, -0.2) is 8.51 Å². The lowest BCUT2D eigenvalue weighted by Gasteiger charge is -2.28. The summed E-state index contributed by atoms with van der Waals surface area (Å²) in [6.07, 6.45) is 7.49.